The van der Waals surface area contributed by atoms with Crippen LogP contribution in [-0.4, -0.2) is 38.7 Å². The quantitative estimate of drug-likeness (QED) is 0.683. The van der Waals surface area contributed by atoms with Gasteiger partial charge in [0.1, 0.15) is 11.0 Å². The molecule has 0 aliphatic carbocycles. The van der Waals surface area contributed by atoms with Gasteiger partial charge in [-0.1, -0.05) is 13.8 Å². The molecule has 0 aliphatic rings. The van der Waals surface area contributed by atoms with Crippen LogP contribution in [0.25, 0.3) is 0 Å². The van der Waals surface area contributed by atoms with E-state index >= 15 is 0 Å². The highest BCUT2D eigenvalue weighted by Gasteiger charge is 2.20. The number of carboxylic acid groups (broad SMARTS) is 1. The smallest absolute Gasteiger partial charge is 0.318 e. The van der Waals surface area contributed by atoms with Gasteiger partial charge in [-0.25, -0.2) is 0 Å². The van der Waals surface area contributed by atoms with Crippen molar-refractivity contribution in [3.05, 3.63) is 0 Å². The summed E-state index contributed by atoms with van der Waals surface area (Å²) in [6.45, 7) is 5.95. The molecule has 0 heterocycles. The molecule has 0 aromatic heterocycles. The van der Waals surface area contributed by atoms with E-state index in [1.807, 2.05) is 13.8 Å². The summed E-state index contributed by atoms with van der Waals surface area (Å²) in [4.78, 5) is 21.8. The molecule has 0 rings (SSSR count). The molecule has 0 radical (unpaired) electrons. The summed E-state index contributed by atoms with van der Waals surface area (Å²) >= 11 is 0. The van der Waals surface area contributed by atoms with E-state index in [1.165, 1.54) is 6.92 Å². The van der Waals surface area contributed by atoms with Crippen LogP contribution in [0.3, 0.4) is 0 Å². The molecule has 0 aliphatic heterocycles. The molecule has 0 saturated carbocycles. The largest absolute Gasteiger partial charge is 0.480 e. The molecule has 94 valence electrons. The fraction of sp³-hybridized carbons (Fsp3) is 0.800. The average molecular weight is 249 g/mol. The van der Waals surface area contributed by atoms with E-state index in [1.54, 1.807) is 0 Å². The number of rotatable bonds is 7. The molecule has 0 aromatic rings. The van der Waals surface area contributed by atoms with Crippen LogP contribution in [0.5, 0.6) is 0 Å². The lowest BCUT2D eigenvalue weighted by Gasteiger charge is -2.08. The van der Waals surface area contributed by atoms with Crippen molar-refractivity contribution in [1.29, 1.82) is 0 Å². The molecular weight excluding hydrogens is 230 g/mol. The van der Waals surface area contributed by atoms with Gasteiger partial charge in [0, 0.05) is 17.3 Å². The van der Waals surface area contributed by atoms with E-state index < -0.39 is 22.0 Å². The van der Waals surface area contributed by atoms with Crippen LogP contribution in [0.15, 0.2) is 0 Å². The fourth-order valence-electron chi connectivity index (χ4n) is 0.918. The first-order chi connectivity index (χ1) is 7.34. The van der Waals surface area contributed by atoms with Crippen molar-refractivity contribution in [2.75, 3.05) is 12.3 Å². The maximum Gasteiger partial charge on any atom is 0.318 e. The van der Waals surface area contributed by atoms with Gasteiger partial charge in [-0.2, -0.15) is 0 Å². The molecule has 1 amide bonds. The summed E-state index contributed by atoms with van der Waals surface area (Å²) in [5.74, 6) is -1.25. The maximum absolute atomic E-state index is 11.4. The third kappa shape index (κ3) is 6.55. The van der Waals surface area contributed by atoms with Gasteiger partial charge in [-0.15, -0.1) is 0 Å². The number of nitrogens with one attached hydrogen (secondary N) is 1. The Bertz CT molecular complexity index is 278. The second kappa shape index (κ2) is 7.38. The molecule has 2 N–H and O–H groups in total. The van der Waals surface area contributed by atoms with Gasteiger partial charge in [0.2, 0.25) is 5.91 Å². The molecular formula is C10H19NO4S. The van der Waals surface area contributed by atoms with Crippen LogP contribution in [0.4, 0.5) is 0 Å². The Labute approximate surface area is 98.1 Å². The minimum Gasteiger partial charge on any atom is -0.480 e. The van der Waals surface area contributed by atoms with Gasteiger partial charge in [-0.3, -0.25) is 13.8 Å². The monoisotopic (exact) mass is 249 g/mol. The lowest BCUT2D eigenvalue weighted by Crippen LogP contribution is -2.34. The Morgan fingerprint density at radius 2 is 1.88 bits per heavy atom. The first-order valence-corrected chi connectivity index (χ1v) is 6.59. The van der Waals surface area contributed by atoms with E-state index in [9.17, 15) is 13.8 Å². The normalized spacial score (nSPS) is 14.5. The van der Waals surface area contributed by atoms with E-state index in [2.05, 4.69) is 5.32 Å². The van der Waals surface area contributed by atoms with Crippen molar-refractivity contribution < 1.29 is 18.9 Å². The van der Waals surface area contributed by atoms with Gasteiger partial charge in [0.15, 0.2) is 0 Å². The third-order valence-corrected chi connectivity index (χ3v) is 3.60. The number of hydrogen-bond donors (Lipinski definition) is 2. The zero-order valence-corrected chi connectivity index (χ0v) is 10.7. The number of carboxylic acids is 1. The van der Waals surface area contributed by atoms with Crippen LogP contribution in [0.2, 0.25) is 0 Å². The second-order valence-corrected chi connectivity index (χ2v) is 5.80. The SMILES string of the molecule is CC(C)CCNC(=O)CS(=O)C(C)C(=O)O. The number of carbonyl (C=O) groups excluding carboxylic acids is 1. The van der Waals surface area contributed by atoms with Gasteiger partial charge < -0.3 is 10.4 Å². The van der Waals surface area contributed by atoms with Gasteiger partial charge in [-0.05, 0) is 19.3 Å². The van der Waals surface area contributed by atoms with E-state index in [0.29, 0.717) is 12.5 Å². The summed E-state index contributed by atoms with van der Waals surface area (Å²) in [6.07, 6.45) is 0.854. The summed E-state index contributed by atoms with van der Waals surface area (Å²) in [6, 6.07) is 0. The predicted octanol–water partition coefficient (Wildman–Crippen LogP) is 0.370. The molecule has 6 heteroatoms. The number of carbonyl (C=O) groups is 2. The fourth-order valence-corrected chi connectivity index (χ4v) is 1.75. The number of hydrogen-bond acceptors (Lipinski definition) is 3. The molecule has 0 aromatic carbocycles. The summed E-state index contributed by atoms with van der Waals surface area (Å²) in [5, 5.41) is 10.2. The van der Waals surface area contributed by atoms with Crippen LogP contribution in [0.1, 0.15) is 27.2 Å². The molecule has 2 atom stereocenters. The molecule has 5 nitrogen and oxygen atoms in total. The average Bonchev–Trinajstić information content (AvgIpc) is 2.15. The van der Waals surface area contributed by atoms with Gasteiger partial charge >= 0.3 is 5.97 Å². The minimum atomic E-state index is -1.65. The van der Waals surface area contributed by atoms with Crippen molar-refractivity contribution >= 4 is 22.7 Å². The molecule has 0 fully saturated rings. The highest BCUT2D eigenvalue weighted by molar-refractivity contribution is 7.87. The van der Waals surface area contributed by atoms with E-state index in [-0.39, 0.29) is 11.7 Å². The van der Waals surface area contributed by atoms with Crippen molar-refractivity contribution in [3.8, 4) is 0 Å². The zero-order chi connectivity index (χ0) is 12.7. The number of aliphatic carboxylic acids is 1. The number of amides is 1. The van der Waals surface area contributed by atoms with Crippen LogP contribution >= 0.6 is 0 Å². The van der Waals surface area contributed by atoms with Gasteiger partial charge in [0.25, 0.3) is 0 Å². The van der Waals surface area contributed by atoms with Crippen molar-refractivity contribution in [1.82, 2.24) is 5.32 Å². The molecule has 2 unspecified atom stereocenters. The van der Waals surface area contributed by atoms with Crippen molar-refractivity contribution in [3.63, 3.8) is 0 Å². The van der Waals surface area contributed by atoms with Crippen LogP contribution in [-0.2, 0) is 20.4 Å². The second-order valence-electron chi connectivity index (χ2n) is 4.04. The maximum atomic E-state index is 11.4. The Kier molecular flexibility index (Phi) is 6.96. The minimum absolute atomic E-state index is 0.244. The molecule has 0 saturated heterocycles. The first-order valence-electron chi connectivity index (χ1n) is 5.21. The van der Waals surface area contributed by atoms with Crippen molar-refractivity contribution in [2.24, 2.45) is 5.92 Å². The van der Waals surface area contributed by atoms with Crippen LogP contribution < -0.4 is 5.32 Å². The standard InChI is InChI=1S/C10H19NO4S/c1-7(2)4-5-11-9(12)6-16(15)8(3)10(13)14/h7-8H,4-6H2,1-3H3,(H,11,12)(H,13,14). The predicted molar refractivity (Wildman–Crippen MR) is 62.6 cm³/mol. The highest BCUT2D eigenvalue weighted by atomic mass is 32.2. The molecule has 16 heavy (non-hydrogen) atoms. The lowest BCUT2D eigenvalue weighted by atomic mass is 10.1. The summed E-state index contributed by atoms with van der Waals surface area (Å²) in [5.41, 5.74) is 0. The highest BCUT2D eigenvalue weighted by Crippen LogP contribution is 1.98. The van der Waals surface area contributed by atoms with E-state index in [4.69, 9.17) is 5.11 Å². The molecule has 0 bridgehead atoms. The van der Waals surface area contributed by atoms with Crippen molar-refractivity contribution in [2.45, 2.75) is 32.4 Å². The van der Waals surface area contributed by atoms with E-state index in [0.717, 1.165) is 6.42 Å². The lowest BCUT2D eigenvalue weighted by molar-refractivity contribution is -0.136. The molecule has 0 spiro atoms. The Balaban J connectivity index is 3.87. The Morgan fingerprint density at radius 3 is 2.31 bits per heavy atom. The van der Waals surface area contributed by atoms with Crippen LogP contribution in [0, 0.1) is 5.92 Å². The summed E-state index contributed by atoms with van der Waals surface area (Å²) < 4.78 is 11.4. The topological polar surface area (TPSA) is 83.5 Å². The zero-order valence-electron chi connectivity index (χ0n) is 9.86. The Hall–Kier alpha value is -0.910. The van der Waals surface area contributed by atoms with Gasteiger partial charge in [0.05, 0.1) is 0 Å². The summed E-state index contributed by atoms with van der Waals surface area (Å²) in [7, 11) is -1.65. The third-order valence-electron chi connectivity index (χ3n) is 2.06. The Morgan fingerprint density at radius 1 is 1.31 bits per heavy atom. The first kappa shape index (κ1) is 15.1.